The van der Waals surface area contributed by atoms with Gasteiger partial charge in [-0.1, -0.05) is 6.07 Å². The molecule has 0 atom stereocenters. The molecule has 3 heteroatoms. The Bertz CT molecular complexity index is 420. The van der Waals surface area contributed by atoms with Crippen LogP contribution in [0.4, 0.5) is 0 Å². The van der Waals surface area contributed by atoms with Crippen molar-refractivity contribution in [2.45, 2.75) is 13.0 Å². The standard InChI is InChI=1S/C13H17N3/c1-16-9-6-12(11-16)10-14-8-5-13-4-2-3-7-15-13/h2-4,6-7,9,11,14H,5,8,10H2,1H3. The molecule has 0 radical (unpaired) electrons. The fraction of sp³-hybridized carbons (Fsp3) is 0.308. The van der Waals surface area contributed by atoms with Crippen LogP contribution in [-0.2, 0) is 20.0 Å². The van der Waals surface area contributed by atoms with Crippen molar-refractivity contribution >= 4 is 0 Å². The molecule has 3 nitrogen and oxygen atoms in total. The van der Waals surface area contributed by atoms with E-state index < -0.39 is 0 Å². The predicted molar refractivity (Wildman–Crippen MR) is 65.1 cm³/mol. The monoisotopic (exact) mass is 215 g/mol. The molecule has 2 aromatic rings. The fourth-order valence-corrected chi connectivity index (χ4v) is 1.66. The maximum Gasteiger partial charge on any atom is 0.0416 e. The smallest absolute Gasteiger partial charge is 0.0416 e. The van der Waals surface area contributed by atoms with Crippen LogP contribution in [0, 0.1) is 0 Å². The summed E-state index contributed by atoms with van der Waals surface area (Å²) >= 11 is 0. The van der Waals surface area contributed by atoms with Gasteiger partial charge in [0.05, 0.1) is 0 Å². The van der Waals surface area contributed by atoms with Gasteiger partial charge < -0.3 is 9.88 Å². The molecule has 0 amide bonds. The number of nitrogens with one attached hydrogen (secondary N) is 1. The van der Waals surface area contributed by atoms with Crippen molar-refractivity contribution in [2.75, 3.05) is 6.54 Å². The lowest BCUT2D eigenvalue weighted by atomic mass is 10.2. The van der Waals surface area contributed by atoms with Crippen molar-refractivity contribution in [3.05, 3.63) is 54.1 Å². The third kappa shape index (κ3) is 3.21. The summed E-state index contributed by atoms with van der Waals surface area (Å²) in [5.41, 5.74) is 2.46. The number of hydrogen-bond acceptors (Lipinski definition) is 2. The lowest BCUT2D eigenvalue weighted by molar-refractivity contribution is 0.679. The predicted octanol–water partition coefficient (Wildman–Crippen LogP) is 1.75. The molecule has 0 aromatic carbocycles. The van der Waals surface area contributed by atoms with E-state index in [0.29, 0.717) is 0 Å². The zero-order valence-corrected chi connectivity index (χ0v) is 9.56. The van der Waals surface area contributed by atoms with E-state index in [0.717, 1.165) is 25.2 Å². The Morgan fingerprint density at radius 1 is 1.31 bits per heavy atom. The first kappa shape index (κ1) is 10.9. The van der Waals surface area contributed by atoms with Crippen molar-refractivity contribution in [1.82, 2.24) is 14.9 Å². The number of aryl methyl sites for hydroxylation is 1. The highest BCUT2D eigenvalue weighted by Gasteiger charge is 1.95. The van der Waals surface area contributed by atoms with Gasteiger partial charge in [0.2, 0.25) is 0 Å². The molecule has 2 aromatic heterocycles. The van der Waals surface area contributed by atoms with Crippen LogP contribution in [0.5, 0.6) is 0 Å². The summed E-state index contributed by atoms with van der Waals surface area (Å²) in [4.78, 5) is 4.28. The van der Waals surface area contributed by atoms with E-state index in [9.17, 15) is 0 Å². The molecule has 2 heterocycles. The molecule has 2 rings (SSSR count). The van der Waals surface area contributed by atoms with Crippen molar-refractivity contribution < 1.29 is 0 Å². The SMILES string of the molecule is Cn1ccc(CNCCc2ccccn2)c1. The van der Waals surface area contributed by atoms with E-state index in [4.69, 9.17) is 0 Å². The summed E-state index contributed by atoms with van der Waals surface area (Å²) in [5, 5.41) is 3.41. The van der Waals surface area contributed by atoms with Crippen LogP contribution in [0.2, 0.25) is 0 Å². The highest BCUT2D eigenvalue weighted by Crippen LogP contribution is 1.99. The summed E-state index contributed by atoms with van der Waals surface area (Å²) in [6, 6.07) is 8.17. The molecule has 0 saturated carbocycles. The molecule has 0 aliphatic rings. The molecular weight excluding hydrogens is 198 g/mol. The van der Waals surface area contributed by atoms with Crippen LogP contribution >= 0.6 is 0 Å². The van der Waals surface area contributed by atoms with Gasteiger partial charge in [0, 0.05) is 50.8 Å². The zero-order valence-electron chi connectivity index (χ0n) is 9.56. The van der Waals surface area contributed by atoms with Crippen LogP contribution in [0.3, 0.4) is 0 Å². The van der Waals surface area contributed by atoms with E-state index in [1.54, 1.807) is 0 Å². The first-order valence-electron chi connectivity index (χ1n) is 5.56. The maximum atomic E-state index is 4.28. The number of aromatic nitrogens is 2. The van der Waals surface area contributed by atoms with Gasteiger partial charge in [-0.3, -0.25) is 4.98 Å². The highest BCUT2D eigenvalue weighted by molar-refractivity contribution is 5.09. The van der Waals surface area contributed by atoms with E-state index >= 15 is 0 Å². The Morgan fingerprint density at radius 3 is 2.94 bits per heavy atom. The van der Waals surface area contributed by atoms with Gasteiger partial charge in [0.1, 0.15) is 0 Å². The third-order valence-electron chi connectivity index (χ3n) is 2.51. The molecule has 1 N–H and O–H groups in total. The topological polar surface area (TPSA) is 29.9 Å². The summed E-state index contributed by atoms with van der Waals surface area (Å²) < 4.78 is 2.07. The minimum absolute atomic E-state index is 0.924. The number of pyridine rings is 1. The fourth-order valence-electron chi connectivity index (χ4n) is 1.66. The Balaban J connectivity index is 1.69. The second-order valence-electron chi connectivity index (χ2n) is 3.93. The Morgan fingerprint density at radius 2 is 2.25 bits per heavy atom. The van der Waals surface area contributed by atoms with Crippen LogP contribution < -0.4 is 5.32 Å². The maximum absolute atomic E-state index is 4.28. The van der Waals surface area contributed by atoms with Crippen LogP contribution in [0.1, 0.15) is 11.3 Å². The molecule has 0 aliphatic carbocycles. The lowest BCUT2D eigenvalue weighted by Gasteiger charge is -2.02. The van der Waals surface area contributed by atoms with Gasteiger partial charge in [0.25, 0.3) is 0 Å². The van der Waals surface area contributed by atoms with Gasteiger partial charge in [-0.25, -0.2) is 0 Å². The van der Waals surface area contributed by atoms with Crippen LogP contribution in [0.25, 0.3) is 0 Å². The van der Waals surface area contributed by atoms with E-state index in [1.165, 1.54) is 5.56 Å². The minimum atomic E-state index is 0.924. The van der Waals surface area contributed by atoms with E-state index in [2.05, 4.69) is 39.4 Å². The Kier molecular flexibility index (Phi) is 3.72. The van der Waals surface area contributed by atoms with Gasteiger partial charge in [-0.15, -0.1) is 0 Å². The molecule has 0 unspecified atom stereocenters. The van der Waals surface area contributed by atoms with E-state index in [1.807, 2.05) is 25.4 Å². The molecule has 0 saturated heterocycles. The first-order chi connectivity index (χ1) is 7.84. The molecule has 16 heavy (non-hydrogen) atoms. The Labute approximate surface area is 96.1 Å². The molecule has 0 bridgehead atoms. The highest BCUT2D eigenvalue weighted by atomic mass is 14.9. The molecular formula is C13H17N3. The molecule has 84 valence electrons. The summed E-state index contributed by atoms with van der Waals surface area (Å²) in [6.07, 6.45) is 7.02. The van der Waals surface area contributed by atoms with Crippen LogP contribution in [-0.4, -0.2) is 16.1 Å². The normalized spacial score (nSPS) is 10.6. The third-order valence-corrected chi connectivity index (χ3v) is 2.51. The lowest BCUT2D eigenvalue weighted by Crippen LogP contribution is -2.16. The van der Waals surface area contributed by atoms with Gasteiger partial charge in [-0.05, 0) is 23.8 Å². The molecule has 0 aliphatic heterocycles. The van der Waals surface area contributed by atoms with E-state index in [-0.39, 0.29) is 0 Å². The average Bonchev–Trinajstić information content (AvgIpc) is 2.72. The van der Waals surface area contributed by atoms with Crippen molar-refractivity contribution in [2.24, 2.45) is 7.05 Å². The van der Waals surface area contributed by atoms with Crippen molar-refractivity contribution in [1.29, 1.82) is 0 Å². The number of nitrogens with zero attached hydrogens (tertiary/aromatic N) is 2. The first-order valence-corrected chi connectivity index (χ1v) is 5.56. The average molecular weight is 215 g/mol. The second kappa shape index (κ2) is 5.47. The van der Waals surface area contributed by atoms with Crippen LogP contribution in [0.15, 0.2) is 42.9 Å². The largest absolute Gasteiger partial charge is 0.357 e. The van der Waals surface area contributed by atoms with Gasteiger partial charge in [-0.2, -0.15) is 0 Å². The zero-order chi connectivity index (χ0) is 11.2. The summed E-state index contributed by atoms with van der Waals surface area (Å²) in [6.45, 7) is 1.89. The quantitative estimate of drug-likeness (QED) is 0.770. The molecule has 0 fully saturated rings. The van der Waals surface area contributed by atoms with Crippen molar-refractivity contribution in [3.63, 3.8) is 0 Å². The van der Waals surface area contributed by atoms with Crippen molar-refractivity contribution in [3.8, 4) is 0 Å². The second-order valence-corrected chi connectivity index (χ2v) is 3.93. The minimum Gasteiger partial charge on any atom is -0.357 e. The molecule has 0 spiro atoms. The number of rotatable bonds is 5. The summed E-state index contributed by atoms with van der Waals surface area (Å²) in [7, 11) is 2.04. The summed E-state index contributed by atoms with van der Waals surface area (Å²) in [5.74, 6) is 0. The van der Waals surface area contributed by atoms with Gasteiger partial charge >= 0.3 is 0 Å². The number of hydrogen-bond donors (Lipinski definition) is 1. The Hall–Kier alpha value is -1.61. The van der Waals surface area contributed by atoms with Gasteiger partial charge in [0.15, 0.2) is 0 Å².